The van der Waals surface area contributed by atoms with Crippen LogP contribution in [0.3, 0.4) is 0 Å². The van der Waals surface area contributed by atoms with Crippen molar-refractivity contribution in [2.45, 2.75) is 13.8 Å². The van der Waals surface area contributed by atoms with Gasteiger partial charge in [0.2, 0.25) is 5.91 Å². The molecule has 0 unspecified atom stereocenters. The molecule has 0 atom stereocenters. The number of nitrogens with zero attached hydrogens (tertiary/aromatic N) is 2. The molecule has 9 heteroatoms. The average molecular weight is 466 g/mol. The standard InChI is InChI=1S/C24H20FN3O4S/c1-14-10-16(15(2)28(14)19-6-8-20(29)9-7-19)11-21-23(31)27(24(32)33-21)13-22(30)26-18-5-3-4-17(25)12-18/h3-12,29H,13H2,1-2H3,(H,26,30)/b21-11+. The molecule has 0 saturated carbocycles. The number of aromatic hydroxyl groups is 1. The number of halogens is 1. The number of rotatable bonds is 5. The molecule has 2 heterocycles. The number of imide groups is 1. The number of nitrogens with one attached hydrogen (secondary N) is 1. The fourth-order valence-corrected chi connectivity index (χ4v) is 4.45. The van der Waals surface area contributed by atoms with Crippen molar-refractivity contribution in [3.8, 4) is 11.4 Å². The Morgan fingerprint density at radius 2 is 1.85 bits per heavy atom. The van der Waals surface area contributed by atoms with Gasteiger partial charge in [-0.1, -0.05) is 6.07 Å². The molecular weight excluding hydrogens is 445 g/mol. The van der Waals surface area contributed by atoms with E-state index in [0.717, 1.165) is 45.4 Å². The Morgan fingerprint density at radius 1 is 1.12 bits per heavy atom. The third-order valence-electron chi connectivity index (χ3n) is 5.15. The molecule has 0 spiro atoms. The van der Waals surface area contributed by atoms with E-state index in [1.807, 2.05) is 24.5 Å². The number of carbonyl (C=O) groups excluding carboxylic acids is 3. The van der Waals surface area contributed by atoms with Gasteiger partial charge in [0.05, 0.1) is 4.91 Å². The fraction of sp³-hybridized carbons (Fsp3) is 0.125. The third kappa shape index (κ3) is 4.68. The molecule has 0 radical (unpaired) electrons. The summed E-state index contributed by atoms with van der Waals surface area (Å²) in [5.74, 6) is -1.51. The molecule has 1 saturated heterocycles. The highest BCUT2D eigenvalue weighted by molar-refractivity contribution is 8.18. The molecule has 7 nitrogen and oxygen atoms in total. The predicted octanol–water partition coefficient (Wildman–Crippen LogP) is 4.61. The Hall–Kier alpha value is -3.85. The Labute approximate surface area is 193 Å². The molecule has 1 aromatic heterocycles. The number of thioether (sulfide) groups is 1. The second-order valence-electron chi connectivity index (χ2n) is 7.50. The van der Waals surface area contributed by atoms with Gasteiger partial charge in [-0.3, -0.25) is 19.3 Å². The summed E-state index contributed by atoms with van der Waals surface area (Å²) in [5, 5.41) is 11.5. The van der Waals surface area contributed by atoms with Gasteiger partial charge >= 0.3 is 0 Å². The van der Waals surface area contributed by atoms with Gasteiger partial charge in [-0.2, -0.15) is 0 Å². The summed E-state index contributed by atoms with van der Waals surface area (Å²) in [6.07, 6.45) is 1.63. The lowest BCUT2D eigenvalue weighted by Gasteiger charge is -2.12. The van der Waals surface area contributed by atoms with Gasteiger partial charge in [0, 0.05) is 22.8 Å². The van der Waals surface area contributed by atoms with Crippen LogP contribution in [0.25, 0.3) is 11.8 Å². The van der Waals surface area contributed by atoms with Crippen LogP contribution in [0.1, 0.15) is 17.0 Å². The number of carbonyl (C=O) groups is 3. The largest absolute Gasteiger partial charge is 0.508 e. The molecule has 3 aromatic rings. The molecule has 4 rings (SSSR count). The summed E-state index contributed by atoms with van der Waals surface area (Å²) < 4.78 is 15.3. The second-order valence-corrected chi connectivity index (χ2v) is 8.50. The number of aromatic nitrogens is 1. The van der Waals surface area contributed by atoms with Crippen LogP contribution in [0.4, 0.5) is 14.9 Å². The van der Waals surface area contributed by atoms with Crippen LogP contribution in [0.5, 0.6) is 5.75 Å². The lowest BCUT2D eigenvalue weighted by molar-refractivity contribution is -0.127. The number of anilines is 1. The number of hydrogen-bond donors (Lipinski definition) is 2. The Kier molecular flexibility index (Phi) is 6.06. The lowest BCUT2D eigenvalue weighted by atomic mass is 10.2. The van der Waals surface area contributed by atoms with Crippen LogP contribution in [-0.2, 0) is 9.59 Å². The minimum Gasteiger partial charge on any atom is -0.508 e. The first-order valence-corrected chi connectivity index (χ1v) is 10.8. The topological polar surface area (TPSA) is 91.6 Å². The van der Waals surface area contributed by atoms with Gasteiger partial charge < -0.3 is 15.0 Å². The number of aryl methyl sites for hydroxylation is 1. The van der Waals surface area contributed by atoms with Crippen LogP contribution in [0.2, 0.25) is 0 Å². The van der Waals surface area contributed by atoms with E-state index >= 15 is 0 Å². The summed E-state index contributed by atoms with van der Waals surface area (Å²) in [5.41, 5.74) is 3.62. The molecular formula is C24H20FN3O4S. The summed E-state index contributed by atoms with van der Waals surface area (Å²) in [4.78, 5) is 38.6. The second kappa shape index (κ2) is 8.95. The van der Waals surface area contributed by atoms with Crippen molar-refractivity contribution in [2.24, 2.45) is 0 Å². The summed E-state index contributed by atoms with van der Waals surface area (Å²) >= 11 is 0.765. The van der Waals surface area contributed by atoms with Crippen LogP contribution >= 0.6 is 11.8 Å². The van der Waals surface area contributed by atoms with Crippen molar-refractivity contribution >= 4 is 40.6 Å². The zero-order chi connectivity index (χ0) is 23.7. The molecule has 168 valence electrons. The van der Waals surface area contributed by atoms with Gasteiger partial charge in [-0.05, 0) is 85.8 Å². The SMILES string of the molecule is Cc1cc(/C=C2/SC(=O)N(CC(=O)Nc3cccc(F)c3)C2=O)c(C)n1-c1ccc(O)cc1. The molecule has 33 heavy (non-hydrogen) atoms. The first-order valence-electron chi connectivity index (χ1n) is 10.0. The highest BCUT2D eigenvalue weighted by Gasteiger charge is 2.36. The van der Waals surface area contributed by atoms with E-state index < -0.39 is 29.4 Å². The van der Waals surface area contributed by atoms with E-state index in [9.17, 15) is 23.9 Å². The Bertz CT molecular complexity index is 1300. The highest BCUT2D eigenvalue weighted by Crippen LogP contribution is 2.33. The van der Waals surface area contributed by atoms with Crippen molar-refractivity contribution in [3.63, 3.8) is 0 Å². The van der Waals surface area contributed by atoms with E-state index in [1.54, 1.807) is 30.3 Å². The molecule has 1 fully saturated rings. The number of phenolic OH excluding ortho intramolecular Hbond substituents is 1. The minimum atomic E-state index is -0.602. The molecule has 2 N–H and O–H groups in total. The van der Waals surface area contributed by atoms with Crippen LogP contribution in [0.15, 0.2) is 59.5 Å². The summed E-state index contributed by atoms with van der Waals surface area (Å²) in [7, 11) is 0. The number of hydrogen-bond acceptors (Lipinski definition) is 5. The first kappa shape index (κ1) is 22.3. The van der Waals surface area contributed by atoms with Gasteiger partial charge in [0.25, 0.3) is 11.1 Å². The number of amides is 3. The summed E-state index contributed by atoms with van der Waals surface area (Å²) in [6.45, 7) is 3.34. The van der Waals surface area contributed by atoms with Crippen LogP contribution < -0.4 is 5.32 Å². The molecule has 1 aliphatic heterocycles. The van der Waals surface area contributed by atoms with Gasteiger partial charge in [0.1, 0.15) is 18.1 Å². The Morgan fingerprint density at radius 3 is 2.55 bits per heavy atom. The molecule has 3 amide bonds. The predicted molar refractivity (Wildman–Crippen MR) is 125 cm³/mol. The van der Waals surface area contributed by atoms with Crippen molar-refractivity contribution in [3.05, 3.63) is 82.3 Å². The van der Waals surface area contributed by atoms with Crippen molar-refractivity contribution in [1.82, 2.24) is 9.47 Å². The highest BCUT2D eigenvalue weighted by atomic mass is 32.2. The smallest absolute Gasteiger partial charge is 0.294 e. The van der Waals surface area contributed by atoms with Gasteiger partial charge in [0.15, 0.2) is 0 Å². The van der Waals surface area contributed by atoms with Crippen molar-refractivity contribution in [1.29, 1.82) is 0 Å². The number of benzene rings is 2. The maximum absolute atomic E-state index is 13.3. The maximum atomic E-state index is 13.3. The number of phenols is 1. The van der Waals surface area contributed by atoms with Crippen molar-refractivity contribution < 1.29 is 23.9 Å². The zero-order valence-corrected chi connectivity index (χ0v) is 18.6. The molecule has 0 bridgehead atoms. The van der Waals surface area contributed by atoms with E-state index in [2.05, 4.69) is 5.32 Å². The van der Waals surface area contributed by atoms with E-state index in [0.29, 0.717) is 0 Å². The van der Waals surface area contributed by atoms with Gasteiger partial charge in [-0.25, -0.2) is 4.39 Å². The normalized spacial score (nSPS) is 14.9. The van der Waals surface area contributed by atoms with Crippen molar-refractivity contribution in [2.75, 3.05) is 11.9 Å². The van der Waals surface area contributed by atoms with Crippen LogP contribution in [-0.4, -0.2) is 38.2 Å². The molecule has 0 aliphatic carbocycles. The van der Waals surface area contributed by atoms with E-state index in [4.69, 9.17) is 0 Å². The van der Waals surface area contributed by atoms with Gasteiger partial charge in [-0.15, -0.1) is 0 Å². The minimum absolute atomic E-state index is 0.163. The monoisotopic (exact) mass is 465 g/mol. The van der Waals surface area contributed by atoms with E-state index in [-0.39, 0.29) is 16.3 Å². The quantitative estimate of drug-likeness (QED) is 0.537. The van der Waals surface area contributed by atoms with Crippen LogP contribution in [0, 0.1) is 19.7 Å². The maximum Gasteiger partial charge on any atom is 0.294 e. The third-order valence-corrected chi connectivity index (χ3v) is 6.06. The average Bonchev–Trinajstić information content (AvgIpc) is 3.18. The zero-order valence-electron chi connectivity index (χ0n) is 17.8. The molecule has 2 aromatic carbocycles. The van der Waals surface area contributed by atoms with E-state index in [1.165, 1.54) is 18.2 Å². The summed E-state index contributed by atoms with van der Waals surface area (Å²) in [6, 6.07) is 14.0. The molecule has 1 aliphatic rings. The fourth-order valence-electron chi connectivity index (χ4n) is 3.62. The lowest BCUT2D eigenvalue weighted by Crippen LogP contribution is -2.36. The Balaban J connectivity index is 1.53. The first-order chi connectivity index (χ1) is 15.7.